The summed E-state index contributed by atoms with van der Waals surface area (Å²) in [5.74, 6) is 0.684. The topological polar surface area (TPSA) is 56.5 Å². The number of β-amino-alcohol motifs (C(OH)–C–C–N with tert-alkyl or cyclic N) is 1. The fourth-order valence-electron chi connectivity index (χ4n) is 2.60. The van der Waals surface area contributed by atoms with Crippen LogP contribution in [0.2, 0.25) is 0 Å². The maximum atomic E-state index is 10.1. The number of ether oxygens (including phenoxy) is 1. The van der Waals surface area contributed by atoms with Gasteiger partial charge in [0, 0.05) is 30.1 Å². The highest BCUT2D eigenvalue weighted by molar-refractivity contribution is 8.00. The van der Waals surface area contributed by atoms with Crippen LogP contribution >= 0.6 is 11.8 Å². The van der Waals surface area contributed by atoms with E-state index in [0.717, 1.165) is 13.1 Å². The molecule has 1 aliphatic rings. The van der Waals surface area contributed by atoms with Crippen LogP contribution < -0.4 is 4.74 Å². The molecule has 0 aliphatic carbocycles. The lowest BCUT2D eigenvalue weighted by Crippen LogP contribution is -2.45. The van der Waals surface area contributed by atoms with Crippen molar-refractivity contribution in [2.45, 2.75) is 30.5 Å². The molecule has 21 heavy (non-hydrogen) atoms. The van der Waals surface area contributed by atoms with E-state index < -0.39 is 6.10 Å². The quantitative estimate of drug-likeness (QED) is 0.903. The molecule has 1 aromatic rings. The molecule has 1 fully saturated rings. The first kappa shape index (κ1) is 16.2. The summed E-state index contributed by atoms with van der Waals surface area (Å²) >= 11 is 2.00. The van der Waals surface area contributed by atoms with Crippen molar-refractivity contribution in [1.29, 1.82) is 5.26 Å². The Hall–Kier alpha value is -1.22. The molecule has 1 N–H and O–H groups in total. The van der Waals surface area contributed by atoms with E-state index in [9.17, 15) is 5.11 Å². The molecule has 1 heterocycles. The number of benzene rings is 1. The number of thioether (sulfide) groups is 1. The Bertz CT molecular complexity index is 476. The summed E-state index contributed by atoms with van der Waals surface area (Å²) in [5.41, 5.74) is 0.608. The van der Waals surface area contributed by atoms with Crippen molar-refractivity contribution in [2.75, 3.05) is 26.2 Å². The molecule has 0 aromatic heterocycles. The first-order valence-corrected chi connectivity index (χ1v) is 8.20. The Balaban J connectivity index is 1.76. The molecule has 1 aromatic carbocycles. The minimum absolute atomic E-state index is 0.276. The van der Waals surface area contributed by atoms with Crippen molar-refractivity contribution in [1.82, 2.24) is 4.90 Å². The van der Waals surface area contributed by atoms with Gasteiger partial charge in [-0.1, -0.05) is 13.8 Å². The van der Waals surface area contributed by atoms with Gasteiger partial charge < -0.3 is 9.84 Å². The van der Waals surface area contributed by atoms with Crippen molar-refractivity contribution in [3.8, 4) is 11.8 Å². The summed E-state index contributed by atoms with van der Waals surface area (Å²) in [6, 6.07) is 9.01. The molecule has 2 rings (SSSR count). The van der Waals surface area contributed by atoms with Gasteiger partial charge in [-0.05, 0) is 24.3 Å². The molecule has 0 bridgehead atoms. The van der Waals surface area contributed by atoms with Gasteiger partial charge in [0.15, 0.2) is 0 Å². The Labute approximate surface area is 130 Å². The zero-order valence-electron chi connectivity index (χ0n) is 12.5. The lowest BCUT2D eigenvalue weighted by molar-refractivity contribution is 0.0677. The molecule has 0 saturated carbocycles. The van der Waals surface area contributed by atoms with Crippen LogP contribution in [0.3, 0.4) is 0 Å². The maximum Gasteiger partial charge on any atom is 0.119 e. The summed E-state index contributed by atoms with van der Waals surface area (Å²) in [6.07, 6.45) is -0.497. The Kier molecular flexibility index (Phi) is 5.92. The van der Waals surface area contributed by atoms with Crippen LogP contribution in [0.5, 0.6) is 5.75 Å². The first-order chi connectivity index (χ1) is 10.1. The molecule has 0 spiro atoms. The Morgan fingerprint density at radius 2 is 1.95 bits per heavy atom. The third-order valence-electron chi connectivity index (χ3n) is 3.39. The molecule has 114 valence electrons. The Morgan fingerprint density at radius 1 is 1.33 bits per heavy atom. The van der Waals surface area contributed by atoms with Gasteiger partial charge in [-0.15, -0.1) is 0 Å². The second-order valence-corrected chi connectivity index (χ2v) is 7.46. The zero-order valence-corrected chi connectivity index (χ0v) is 13.3. The van der Waals surface area contributed by atoms with Crippen LogP contribution in [0.4, 0.5) is 0 Å². The van der Waals surface area contributed by atoms with Crippen LogP contribution in [-0.4, -0.2) is 52.9 Å². The molecular formula is C16H22N2O2S. The third kappa shape index (κ3) is 5.24. The first-order valence-electron chi connectivity index (χ1n) is 7.25. The minimum atomic E-state index is -0.497. The van der Waals surface area contributed by atoms with Crippen LogP contribution in [0.15, 0.2) is 24.3 Å². The summed E-state index contributed by atoms with van der Waals surface area (Å²) in [6.45, 7) is 7.41. The fraction of sp³-hybridized carbons (Fsp3) is 0.562. The smallest absolute Gasteiger partial charge is 0.119 e. The van der Waals surface area contributed by atoms with Gasteiger partial charge in [-0.2, -0.15) is 17.0 Å². The van der Waals surface area contributed by atoms with E-state index in [2.05, 4.69) is 24.8 Å². The number of nitrogens with zero attached hydrogens (tertiary/aromatic N) is 2. The van der Waals surface area contributed by atoms with Crippen molar-refractivity contribution >= 4 is 11.8 Å². The molecule has 1 aliphatic heterocycles. The van der Waals surface area contributed by atoms with Gasteiger partial charge in [-0.3, -0.25) is 4.90 Å². The molecule has 3 atom stereocenters. The van der Waals surface area contributed by atoms with E-state index in [1.165, 1.54) is 0 Å². The van der Waals surface area contributed by atoms with Crippen LogP contribution in [0.1, 0.15) is 19.4 Å². The second kappa shape index (κ2) is 7.69. The SMILES string of the molecule is CC1CN(CC(O)COc2ccc(C#N)cc2)CC(C)S1. The predicted molar refractivity (Wildman–Crippen MR) is 85.6 cm³/mol. The highest BCUT2D eigenvalue weighted by atomic mass is 32.2. The lowest BCUT2D eigenvalue weighted by atomic mass is 10.2. The van der Waals surface area contributed by atoms with E-state index in [0.29, 0.717) is 28.4 Å². The standard InChI is InChI=1S/C16H22N2O2S/c1-12-8-18(9-13(2)21-12)10-15(19)11-20-16-5-3-14(7-17)4-6-16/h3-6,12-13,15,19H,8-11H2,1-2H3. The average molecular weight is 306 g/mol. The number of rotatable bonds is 5. The van der Waals surface area contributed by atoms with E-state index >= 15 is 0 Å². The van der Waals surface area contributed by atoms with Crippen molar-refractivity contribution < 1.29 is 9.84 Å². The summed E-state index contributed by atoms with van der Waals surface area (Å²) in [7, 11) is 0. The molecule has 5 heteroatoms. The number of hydrogen-bond acceptors (Lipinski definition) is 5. The summed E-state index contributed by atoms with van der Waals surface area (Å²) in [4.78, 5) is 2.30. The number of hydrogen-bond donors (Lipinski definition) is 1. The van der Waals surface area contributed by atoms with Gasteiger partial charge in [0.25, 0.3) is 0 Å². The van der Waals surface area contributed by atoms with Crippen molar-refractivity contribution in [3.05, 3.63) is 29.8 Å². The molecule has 1 saturated heterocycles. The normalized spacial score (nSPS) is 24.3. The molecule has 0 radical (unpaired) electrons. The fourth-order valence-corrected chi connectivity index (χ4v) is 3.99. The number of aliphatic hydroxyl groups is 1. The molecule has 3 unspecified atom stereocenters. The van der Waals surface area contributed by atoms with Gasteiger partial charge in [0.05, 0.1) is 11.6 Å². The van der Waals surface area contributed by atoms with Gasteiger partial charge in [-0.25, -0.2) is 0 Å². The lowest BCUT2D eigenvalue weighted by Gasteiger charge is -2.35. The van der Waals surface area contributed by atoms with Crippen LogP contribution in [0.25, 0.3) is 0 Å². The van der Waals surface area contributed by atoms with Gasteiger partial charge in [0.1, 0.15) is 18.5 Å². The van der Waals surface area contributed by atoms with Crippen molar-refractivity contribution in [3.63, 3.8) is 0 Å². The van der Waals surface area contributed by atoms with E-state index in [1.54, 1.807) is 24.3 Å². The van der Waals surface area contributed by atoms with Crippen LogP contribution in [-0.2, 0) is 0 Å². The van der Waals surface area contributed by atoms with Gasteiger partial charge in [0.2, 0.25) is 0 Å². The largest absolute Gasteiger partial charge is 0.491 e. The number of nitriles is 1. The van der Waals surface area contributed by atoms with Crippen LogP contribution in [0, 0.1) is 11.3 Å². The number of aliphatic hydroxyl groups excluding tert-OH is 1. The minimum Gasteiger partial charge on any atom is -0.491 e. The van der Waals surface area contributed by atoms with E-state index in [4.69, 9.17) is 10.00 Å². The summed E-state index contributed by atoms with van der Waals surface area (Å²) < 4.78 is 5.57. The summed E-state index contributed by atoms with van der Waals surface area (Å²) in [5, 5.41) is 20.1. The molecule has 4 nitrogen and oxygen atoms in total. The monoisotopic (exact) mass is 306 g/mol. The second-order valence-electron chi connectivity index (χ2n) is 5.58. The van der Waals surface area contributed by atoms with Gasteiger partial charge >= 0.3 is 0 Å². The van der Waals surface area contributed by atoms with E-state index in [-0.39, 0.29) is 6.61 Å². The maximum absolute atomic E-state index is 10.1. The zero-order chi connectivity index (χ0) is 15.2. The molecule has 0 amide bonds. The van der Waals surface area contributed by atoms with Crippen molar-refractivity contribution in [2.24, 2.45) is 0 Å². The third-order valence-corrected chi connectivity index (χ3v) is 4.62. The Morgan fingerprint density at radius 3 is 2.52 bits per heavy atom. The predicted octanol–water partition coefficient (Wildman–Crippen LogP) is 2.12. The highest BCUT2D eigenvalue weighted by Crippen LogP contribution is 2.24. The molecular weight excluding hydrogens is 284 g/mol. The highest BCUT2D eigenvalue weighted by Gasteiger charge is 2.23. The van der Waals surface area contributed by atoms with E-state index in [1.807, 2.05) is 11.8 Å². The average Bonchev–Trinajstić information content (AvgIpc) is 2.44.